The number of benzene rings is 1. The van der Waals surface area contributed by atoms with E-state index in [1.165, 1.54) is 5.56 Å². The molecule has 90 valence electrons. The molecule has 0 radical (unpaired) electrons. The first-order chi connectivity index (χ1) is 8.70. The lowest BCUT2D eigenvalue weighted by Crippen LogP contribution is -2.17. The van der Waals surface area contributed by atoms with Gasteiger partial charge in [0.25, 0.3) is 0 Å². The van der Waals surface area contributed by atoms with E-state index < -0.39 is 0 Å². The van der Waals surface area contributed by atoms with Gasteiger partial charge < -0.3 is 4.90 Å². The summed E-state index contributed by atoms with van der Waals surface area (Å²) in [4.78, 5) is 6.31. The van der Waals surface area contributed by atoms with E-state index in [2.05, 4.69) is 33.0 Å². The fourth-order valence-electron chi connectivity index (χ4n) is 1.64. The van der Waals surface area contributed by atoms with E-state index in [4.69, 9.17) is 5.26 Å². The molecule has 2 rings (SSSR count). The zero-order chi connectivity index (χ0) is 13.0. The quantitative estimate of drug-likeness (QED) is 0.873. The van der Waals surface area contributed by atoms with Crippen molar-refractivity contribution < 1.29 is 0 Å². The molecule has 0 fully saturated rings. The van der Waals surface area contributed by atoms with Gasteiger partial charge >= 0.3 is 0 Å². The fraction of sp³-hybridized carbons (Fsp3) is 0.143. The van der Waals surface area contributed by atoms with Crippen molar-refractivity contribution in [3.8, 4) is 6.07 Å². The fourth-order valence-corrected chi connectivity index (χ4v) is 2.05. The van der Waals surface area contributed by atoms with Gasteiger partial charge in [0.05, 0.1) is 5.56 Å². The Balaban J connectivity index is 2.15. The van der Waals surface area contributed by atoms with Crippen LogP contribution in [0.1, 0.15) is 11.1 Å². The van der Waals surface area contributed by atoms with E-state index >= 15 is 0 Å². The molecule has 3 nitrogen and oxygen atoms in total. The van der Waals surface area contributed by atoms with Gasteiger partial charge in [0, 0.05) is 24.3 Å². The molecule has 0 bridgehead atoms. The summed E-state index contributed by atoms with van der Waals surface area (Å²) < 4.78 is 1.09. The molecule has 0 aliphatic carbocycles. The minimum absolute atomic E-state index is 0.577. The van der Waals surface area contributed by atoms with Crippen molar-refractivity contribution in [3.63, 3.8) is 0 Å². The first kappa shape index (κ1) is 12.6. The van der Waals surface area contributed by atoms with Crippen LogP contribution in [-0.4, -0.2) is 12.0 Å². The summed E-state index contributed by atoms with van der Waals surface area (Å²) in [6.45, 7) is 0.764. The molecule has 0 atom stereocenters. The lowest BCUT2D eigenvalue weighted by Gasteiger charge is -2.18. The molecule has 0 aliphatic rings. The van der Waals surface area contributed by atoms with Crippen molar-refractivity contribution in [1.29, 1.82) is 5.26 Å². The topological polar surface area (TPSA) is 39.9 Å². The maximum atomic E-state index is 8.73. The minimum Gasteiger partial charge on any atom is -0.355 e. The highest BCUT2D eigenvalue weighted by Gasteiger charge is 2.05. The predicted molar refractivity (Wildman–Crippen MR) is 75.2 cm³/mol. The SMILES string of the molecule is CN(Cc1ccccc1Br)c1ccc(C#N)cn1. The largest absolute Gasteiger partial charge is 0.355 e. The third-order valence-electron chi connectivity index (χ3n) is 2.63. The van der Waals surface area contributed by atoms with Crippen LogP contribution in [0.3, 0.4) is 0 Å². The number of hydrogen-bond donors (Lipinski definition) is 0. The molecule has 0 unspecified atom stereocenters. The molecule has 0 saturated heterocycles. The van der Waals surface area contributed by atoms with Crippen LogP contribution in [0.15, 0.2) is 47.1 Å². The van der Waals surface area contributed by atoms with Crippen molar-refractivity contribution >= 4 is 21.7 Å². The molecule has 1 heterocycles. The molecule has 0 spiro atoms. The molecule has 4 heteroatoms. The lowest BCUT2D eigenvalue weighted by atomic mass is 10.2. The van der Waals surface area contributed by atoms with Gasteiger partial charge in [-0.1, -0.05) is 34.1 Å². The number of anilines is 1. The average Bonchev–Trinajstić information content (AvgIpc) is 2.41. The first-order valence-electron chi connectivity index (χ1n) is 5.51. The van der Waals surface area contributed by atoms with E-state index in [9.17, 15) is 0 Å². The van der Waals surface area contributed by atoms with E-state index in [-0.39, 0.29) is 0 Å². The van der Waals surface area contributed by atoms with Crippen LogP contribution >= 0.6 is 15.9 Å². The highest BCUT2D eigenvalue weighted by molar-refractivity contribution is 9.10. The van der Waals surface area contributed by atoms with E-state index in [1.807, 2.05) is 36.2 Å². The Morgan fingerprint density at radius 1 is 1.28 bits per heavy atom. The van der Waals surface area contributed by atoms with Crippen molar-refractivity contribution in [1.82, 2.24) is 4.98 Å². The van der Waals surface area contributed by atoms with Crippen LogP contribution in [0, 0.1) is 11.3 Å². The standard InChI is InChI=1S/C14H12BrN3/c1-18(10-12-4-2-3-5-13(12)15)14-7-6-11(8-16)9-17-14/h2-7,9H,10H2,1H3. The second kappa shape index (κ2) is 5.65. The molecule has 1 aromatic carbocycles. The number of nitriles is 1. The van der Waals surface area contributed by atoms with Crippen molar-refractivity contribution in [2.24, 2.45) is 0 Å². The molecular weight excluding hydrogens is 290 g/mol. The number of rotatable bonds is 3. The summed E-state index contributed by atoms with van der Waals surface area (Å²) in [7, 11) is 1.98. The zero-order valence-corrected chi connectivity index (χ0v) is 11.6. The van der Waals surface area contributed by atoms with Gasteiger partial charge in [-0.05, 0) is 23.8 Å². The predicted octanol–water partition coefficient (Wildman–Crippen LogP) is 3.35. The third kappa shape index (κ3) is 2.88. The number of pyridine rings is 1. The highest BCUT2D eigenvalue weighted by Crippen LogP contribution is 2.19. The van der Waals surface area contributed by atoms with Crippen LogP contribution in [0.5, 0.6) is 0 Å². The van der Waals surface area contributed by atoms with Crippen LogP contribution < -0.4 is 4.90 Å². The minimum atomic E-state index is 0.577. The van der Waals surface area contributed by atoms with E-state index in [0.717, 1.165) is 16.8 Å². The van der Waals surface area contributed by atoms with Gasteiger partial charge in [0.2, 0.25) is 0 Å². The van der Waals surface area contributed by atoms with E-state index in [0.29, 0.717) is 5.56 Å². The number of nitrogens with zero attached hydrogens (tertiary/aromatic N) is 3. The Labute approximate surface area is 115 Å². The number of hydrogen-bond acceptors (Lipinski definition) is 3. The summed E-state index contributed by atoms with van der Waals surface area (Å²) in [6, 6.07) is 13.8. The smallest absolute Gasteiger partial charge is 0.128 e. The van der Waals surface area contributed by atoms with Crippen LogP contribution in [0.2, 0.25) is 0 Å². The Bertz CT molecular complexity index is 572. The van der Waals surface area contributed by atoms with Gasteiger partial charge in [-0.15, -0.1) is 0 Å². The van der Waals surface area contributed by atoms with Gasteiger partial charge in [-0.3, -0.25) is 0 Å². The van der Waals surface area contributed by atoms with Gasteiger partial charge in [-0.2, -0.15) is 5.26 Å². The number of aromatic nitrogens is 1. The second-order valence-electron chi connectivity index (χ2n) is 3.96. The number of halogens is 1. The summed E-state index contributed by atoms with van der Waals surface area (Å²) in [5.74, 6) is 0.852. The molecular formula is C14H12BrN3. The highest BCUT2D eigenvalue weighted by atomic mass is 79.9. The van der Waals surface area contributed by atoms with Crippen molar-refractivity contribution in [2.45, 2.75) is 6.54 Å². The summed E-state index contributed by atoms with van der Waals surface area (Å²) in [5, 5.41) is 8.73. The zero-order valence-electron chi connectivity index (χ0n) is 9.97. The Morgan fingerprint density at radius 3 is 2.67 bits per heavy atom. The summed E-state index contributed by atoms with van der Waals surface area (Å²) >= 11 is 3.53. The maximum absolute atomic E-state index is 8.73. The van der Waals surface area contributed by atoms with Crippen LogP contribution in [-0.2, 0) is 6.54 Å². The van der Waals surface area contributed by atoms with Gasteiger partial charge in [-0.25, -0.2) is 4.98 Å². The summed E-state index contributed by atoms with van der Waals surface area (Å²) in [6.07, 6.45) is 1.59. The Kier molecular flexibility index (Phi) is 3.96. The molecule has 0 amide bonds. The van der Waals surface area contributed by atoms with Crippen LogP contribution in [0.4, 0.5) is 5.82 Å². The molecule has 0 aliphatic heterocycles. The Morgan fingerprint density at radius 2 is 2.06 bits per heavy atom. The van der Waals surface area contributed by atoms with E-state index in [1.54, 1.807) is 12.3 Å². The third-order valence-corrected chi connectivity index (χ3v) is 3.41. The molecule has 0 N–H and O–H groups in total. The van der Waals surface area contributed by atoms with Crippen molar-refractivity contribution in [2.75, 3.05) is 11.9 Å². The van der Waals surface area contributed by atoms with Gasteiger partial charge in [0.1, 0.15) is 11.9 Å². The van der Waals surface area contributed by atoms with Crippen LogP contribution in [0.25, 0.3) is 0 Å². The molecule has 18 heavy (non-hydrogen) atoms. The van der Waals surface area contributed by atoms with Crippen molar-refractivity contribution in [3.05, 3.63) is 58.2 Å². The molecule has 2 aromatic rings. The molecule has 1 aromatic heterocycles. The maximum Gasteiger partial charge on any atom is 0.128 e. The summed E-state index contributed by atoms with van der Waals surface area (Å²) in [5.41, 5.74) is 1.78. The molecule has 0 saturated carbocycles. The average molecular weight is 302 g/mol. The second-order valence-corrected chi connectivity index (χ2v) is 4.82. The lowest BCUT2D eigenvalue weighted by molar-refractivity contribution is 0.893. The normalized spacial score (nSPS) is 9.83. The first-order valence-corrected chi connectivity index (χ1v) is 6.30. The monoisotopic (exact) mass is 301 g/mol. The van der Waals surface area contributed by atoms with Gasteiger partial charge in [0.15, 0.2) is 0 Å². The Hall–Kier alpha value is -1.86.